The molecule has 0 spiro atoms. The van der Waals surface area contributed by atoms with E-state index in [1.165, 1.54) is 13.2 Å². The summed E-state index contributed by atoms with van der Waals surface area (Å²) in [6.07, 6.45) is 0. The minimum absolute atomic E-state index is 0.288. The van der Waals surface area contributed by atoms with E-state index in [4.69, 9.17) is 4.74 Å². The first-order chi connectivity index (χ1) is 10.1. The number of nitrogens with one attached hydrogen (secondary N) is 1. The van der Waals surface area contributed by atoms with Crippen molar-refractivity contribution in [2.24, 2.45) is 0 Å². The van der Waals surface area contributed by atoms with Crippen molar-refractivity contribution in [3.05, 3.63) is 52.3 Å². The van der Waals surface area contributed by atoms with Crippen LogP contribution in [0.2, 0.25) is 0 Å². The van der Waals surface area contributed by atoms with Crippen LogP contribution in [0, 0.1) is 15.9 Å². The normalized spacial score (nSPS) is 10.8. The molecule has 1 heterocycles. The Kier molecular flexibility index (Phi) is 3.02. The summed E-state index contributed by atoms with van der Waals surface area (Å²) in [6.45, 7) is 0. The van der Waals surface area contributed by atoms with Crippen molar-refractivity contribution in [3.8, 4) is 17.1 Å². The summed E-state index contributed by atoms with van der Waals surface area (Å²) in [5.41, 5.74) is 1.32. The predicted molar refractivity (Wildman–Crippen MR) is 74.7 cm³/mol. The number of nitro benzene ring substituents is 1. The molecule has 6 nitrogen and oxygen atoms in total. The summed E-state index contributed by atoms with van der Waals surface area (Å²) in [5.74, 6) is -0.831. The van der Waals surface area contributed by atoms with Gasteiger partial charge in [-0.2, -0.15) is 0 Å². The van der Waals surface area contributed by atoms with E-state index in [9.17, 15) is 14.5 Å². The Hall–Kier alpha value is -2.96. The van der Waals surface area contributed by atoms with Gasteiger partial charge in [0.1, 0.15) is 5.82 Å². The van der Waals surface area contributed by atoms with Gasteiger partial charge in [0, 0.05) is 11.6 Å². The number of hydrogen-bond donors (Lipinski definition) is 1. The number of aromatic amines is 1. The Labute approximate surface area is 118 Å². The molecular formula is C14H10FN3O3. The number of methoxy groups -OCH3 is 1. The second-order valence-corrected chi connectivity index (χ2v) is 4.37. The fourth-order valence-electron chi connectivity index (χ4n) is 2.14. The number of halogens is 1. The zero-order valence-corrected chi connectivity index (χ0v) is 11.0. The van der Waals surface area contributed by atoms with Gasteiger partial charge in [-0.15, -0.1) is 0 Å². The van der Waals surface area contributed by atoms with Crippen LogP contribution in [0.15, 0.2) is 36.4 Å². The molecule has 0 bridgehead atoms. The SMILES string of the molecule is COc1c(F)cc(-c2nc3ccccc3[nH]2)cc1[N+](=O)[O-]. The third-order valence-corrected chi connectivity index (χ3v) is 3.09. The fraction of sp³-hybridized carbons (Fsp3) is 0.0714. The van der Waals surface area contributed by atoms with Crippen molar-refractivity contribution < 1.29 is 14.1 Å². The molecule has 0 aliphatic rings. The molecule has 106 valence electrons. The summed E-state index contributed by atoms with van der Waals surface area (Å²) in [5, 5.41) is 11.0. The highest BCUT2D eigenvalue weighted by Gasteiger charge is 2.22. The van der Waals surface area contributed by atoms with Crippen molar-refractivity contribution in [1.29, 1.82) is 0 Å². The Balaban J connectivity index is 2.20. The number of H-pyrrole nitrogens is 1. The van der Waals surface area contributed by atoms with Crippen LogP contribution in [0.1, 0.15) is 0 Å². The molecule has 0 radical (unpaired) electrons. The summed E-state index contributed by atoms with van der Waals surface area (Å²) >= 11 is 0. The molecule has 21 heavy (non-hydrogen) atoms. The smallest absolute Gasteiger partial charge is 0.314 e. The summed E-state index contributed by atoms with van der Waals surface area (Å²) in [6, 6.07) is 9.66. The number of nitrogens with zero attached hydrogens (tertiary/aromatic N) is 2. The predicted octanol–water partition coefficient (Wildman–Crippen LogP) is 3.29. The zero-order chi connectivity index (χ0) is 15.0. The van der Waals surface area contributed by atoms with Gasteiger partial charge in [0.25, 0.3) is 0 Å². The molecule has 0 saturated carbocycles. The Bertz CT molecular complexity index is 812. The first-order valence-electron chi connectivity index (χ1n) is 6.07. The topological polar surface area (TPSA) is 81.0 Å². The fourth-order valence-corrected chi connectivity index (χ4v) is 2.14. The van der Waals surface area contributed by atoms with Crippen LogP contribution in [0.3, 0.4) is 0 Å². The van der Waals surface area contributed by atoms with Gasteiger partial charge < -0.3 is 9.72 Å². The van der Waals surface area contributed by atoms with Crippen LogP contribution in [-0.4, -0.2) is 22.0 Å². The molecule has 7 heteroatoms. The second-order valence-electron chi connectivity index (χ2n) is 4.37. The third kappa shape index (κ3) is 2.18. The molecule has 0 aliphatic heterocycles. The maximum atomic E-state index is 13.9. The Morgan fingerprint density at radius 3 is 2.76 bits per heavy atom. The highest BCUT2D eigenvalue weighted by Crippen LogP contribution is 2.34. The van der Waals surface area contributed by atoms with Crippen LogP contribution in [0.25, 0.3) is 22.4 Å². The number of ether oxygens (including phenoxy) is 1. The Morgan fingerprint density at radius 2 is 2.10 bits per heavy atom. The van der Waals surface area contributed by atoms with E-state index in [0.717, 1.165) is 11.6 Å². The van der Waals surface area contributed by atoms with E-state index >= 15 is 0 Å². The molecule has 0 saturated heterocycles. The van der Waals surface area contributed by atoms with Crippen LogP contribution in [0.4, 0.5) is 10.1 Å². The Morgan fingerprint density at radius 1 is 1.33 bits per heavy atom. The minimum Gasteiger partial charge on any atom is -0.488 e. The van der Waals surface area contributed by atoms with E-state index < -0.39 is 16.4 Å². The largest absolute Gasteiger partial charge is 0.488 e. The van der Waals surface area contributed by atoms with Crippen LogP contribution in [0.5, 0.6) is 5.75 Å². The third-order valence-electron chi connectivity index (χ3n) is 3.09. The lowest BCUT2D eigenvalue weighted by atomic mass is 10.1. The molecule has 2 aromatic carbocycles. The van der Waals surface area contributed by atoms with Gasteiger partial charge in [0.05, 0.1) is 23.1 Å². The molecule has 3 aromatic rings. The molecule has 0 amide bonds. The maximum absolute atomic E-state index is 13.9. The van der Waals surface area contributed by atoms with Gasteiger partial charge in [-0.3, -0.25) is 10.1 Å². The highest BCUT2D eigenvalue weighted by atomic mass is 19.1. The minimum atomic E-state index is -0.804. The number of aromatic nitrogens is 2. The van der Waals surface area contributed by atoms with Crippen LogP contribution < -0.4 is 4.74 Å². The number of benzene rings is 2. The van der Waals surface area contributed by atoms with Crippen molar-refractivity contribution in [1.82, 2.24) is 9.97 Å². The molecular weight excluding hydrogens is 277 g/mol. The maximum Gasteiger partial charge on any atom is 0.314 e. The molecule has 0 unspecified atom stereocenters. The lowest BCUT2D eigenvalue weighted by molar-refractivity contribution is -0.385. The van der Waals surface area contributed by atoms with Gasteiger partial charge in [0.2, 0.25) is 5.75 Å². The van der Waals surface area contributed by atoms with Gasteiger partial charge in [-0.1, -0.05) is 12.1 Å². The molecule has 1 aromatic heterocycles. The summed E-state index contributed by atoms with van der Waals surface area (Å²) < 4.78 is 18.7. The van der Waals surface area contributed by atoms with Crippen LogP contribution in [-0.2, 0) is 0 Å². The lowest BCUT2D eigenvalue weighted by Crippen LogP contribution is -1.97. The van der Waals surface area contributed by atoms with E-state index in [-0.39, 0.29) is 11.3 Å². The lowest BCUT2D eigenvalue weighted by Gasteiger charge is -2.05. The molecule has 0 aliphatic carbocycles. The monoisotopic (exact) mass is 287 g/mol. The van der Waals surface area contributed by atoms with Gasteiger partial charge >= 0.3 is 5.69 Å². The summed E-state index contributed by atoms with van der Waals surface area (Å²) in [4.78, 5) is 17.6. The highest BCUT2D eigenvalue weighted by molar-refractivity contribution is 5.79. The van der Waals surface area contributed by atoms with Crippen molar-refractivity contribution in [2.45, 2.75) is 0 Å². The van der Waals surface area contributed by atoms with E-state index in [1.807, 2.05) is 18.2 Å². The molecule has 1 N–H and O–H groups in total. The number of fused-ring (bicyclic) bond motifs is 1. The van der Waals surface area contributed by atoms with Crippen molar-refractivity contribution in [3.63, 3.8) is 0 Å². The summed E-state index contributed by atoms with van der Waals surface area (Å²) in [7, 11) is 1.19. The van der Waals surface area contributed by atoms with Crippen LogP contribution >= 0.6 is 0 Å². The van der Waals surface area contributed by atoms with Gasteiger partial charge in [-0.25, -0.2) is 9.37 Å². The average Bonchev–Trinajstić information content (AvgIpc) is 2.90. The molecule has 3 rings (SSSR count). The van der Waals surface area contributed by atoms with Crippen molar-refractivity contribution in [2.75, 3.05) is 7.11 Å². The van der Waals surface area contributed by atoms with Crippen molar-refractivity contribution >= 4 is 16.7 Å². The number of rotatable bonds is 3. The van der Waals surface area contributed by atoms with E-state index in [0.29, 0.717) is 11.3 Å². The molecule has 0 fully saturated rings. The number of nitro groups is 1. The molecule has 0 atom stereocenters. The zero-order valence-electron chi connectivity index (χ0n) is 11.0. The number of imidazole rings is 1. The first-order valence-corrected chi connectivity index (χ1v) is 6.07. The van der Waals surface area contributed by atoms with E-state index in [1.54, 1.807) is 6.07 Å². The van der Waals surface area contributed by atoms with E-state index in [2.05, 4.69) is 9.97 Å². The second kappa shape index (κ2) is 4.86. The van der Waals surface area contributed by atoms with Gasteiger partial charge in [-0.05, 0) is 18.2 Å². The quantitative estimate of drug-likeness (QED) is 0.592. The number of para-hydroxylation sites is 2. The average molecular weight is 287 g/mol. The van der Waals surface area contributed by atoms with Gasteiger partial charge in [0.15, 0.2) is 5.82 Å². The first kappa shape index (κ1) is 13.0. The standard InChI is InChI=1S/C14H10FN3O3/c1-21-13-9(15)6-8(7-12(13)18(19)20)14-16-10-4-2-3-5-11(10)17-14/h2-7H,1H3,(H,16,17). The number of hydrogen-bond acceptors (Lipinski definition) is 4.